The van der Waals surface area contributed by atoms with Crippen LogP contribution in [0.2, 0.25) is 0 Å². The lowest BCUT2D eigenvalue weighted by atomic mass is 9.53. The number of carboxylic acids is 1. The molecule has 4 saturated carbocycles. The maximum atomic E-state index is 12.3. The third-order valence-corrected chi connectivity index (χ3v) is 6.04. The summed E-state index contributed by atoms with van der Waals surface area (Å²) < 4.78 is 0. The third kappa shape index (κ3) is 4.07. The molecule has 4 rings (SSSR count). The molecule has 4 bridgehead atoms. The van der Waals surface area contributed by atoms with Gasteiger partial charge in [0.05, 0.1) is 0 Å². The van der Waals surface area contributed by atoms with Crippen molar-refractivity contribution in [2.24, 2.45) is 17.8 Å². The second kappa shape index (κ2) is 6.50. The highest BCUT2D eigenvalue weighted by molar-refractivity contribution is 5.86. The van der Waals surface area contributed by atoms with E-state index < -0.39 is 11.5 Å². The van der Waals surface area contributed by atoms with Gasteiger partial charge in [0.15, 0.2) is 0 Å². The molecule has 0 heterocycles. The van der Waals surface area contributed by atoms with Crippen LogP contribution >= 0.6 is 0 Å². The van der Waals surface area contributed by atoms with Gasteiger partial charge < -0.3 is 21.1 Å². The molecule has 4 aliphatic rings. The number of hydrogen-bond donors (Lipinski definition) is 4. The van der Waals surface area contributed by atoms with Crippen LogP contribution in [0.5, 0.6) is 0 Å². The minimum Gasteiger partial charge on any atom is -0.480 e. The first-order chi connectivity index (χ1) is 11.7. The summed E-state index contributed by atoms with van der Waals surface area (Å²) >= 11 is 0. The zero-order valence-corrected chi connectivity index (χ0v) is 15.1. The van der Waals surface area contributed by atoms with Crippen LogP contribution in [0.15, 0.2) is 0 Å². The van der Waals surface area contributed by atoms with Crippen molar-refractivity contribution in [1.29, 1.82) is 0 Å². The summed E-state index contributed by atoms with van der Waals surface area (Å²) in [6, 6.07) is -0.216. The van der Waals surface area contributed by atoms with Crippen molar-refractivity contribution >= 4 is 17.9 Å². The van der Waals surface area contributed by atoms with Crippen molar-refractivity contribution in [2.75, 3.05) is 6.54 Å². The number of carbonyl (C=O) groups excluding carboxylic acids is 2. The van der Waals surface area contributed by atoms with Crippen molar-refractivity contribution in [2.45, 2.75) is 69.9 Å². The highest BCUT2D eigenvalue weighted by Crippen LogP contribution is 2.55. The van der Waals surface area contributed by atoms with Crippen LogP contribution in [0.3, 0.4) is 0 Å². The van der Waals surface area contributed by atoms with E-state index in [9.17, 15) is 14.4 Å². The average Bonchev–Trinajstić information content (AvgIpc) is 2.44. The van der Waals surface area contributed by atoms with Gasteiger partial charge in [-0.05, 0) is 70.1 Å². The van der Waals surface area contributed by atoms with Crippen molar-refractivity contribution in [3.05, 3.63) is 0 Å². The SMILES string of the molecule is CC(C)(NC(=O)CCNC(=O)NC12CC3CC(CC(C3)C1)C2)C(=O)O. The van der Waals surface area contributed by atoms with E-state index in [4.69, 9.17) is 5.11 Å². The number of aliphatic carboxylic acids is 1. The van der Waals surface area contributed by atoms with E-state index in [0.29, 0.717) is 0 Å². The third-order valence-electron chi connectivity index (χ3n) is 6.04. The maximum Gasteiger partial charge on any atom is 0.328 e. The molecule has 0 atom stereocenters. The Kier molecular flexibility index (Phi) is 4.68. The fourth-order valence-electron chi connectivity index (χ4n) is 5.30. The lowest BCUT2D eigenvalue weighted by Gasteiger charge is -2.56. The molecule has 7 nitrogen and oxygen atoms in total. The topological polar surface area (TPSA) is 108 Å². The van der Waals surface area contributed by atoms with Crippen LogP contribution in [0, 0.1) is 17.8 Å². The van der Waals surface area contributed by atoms with Crippen molar-refractivity contribution in [3.8, 4) is 0 Å². The van der Waals surface area contributed by atoms with Gasteiger partial charge in [-0.15, -0.1) is 0 Å². The Morgan fingerprint density at radius 3 is 2.04 bits per heavy atom. The largest absolute Gasteiger partial charge is 0.480 e. The normalized spacial score (nSPS) is 33.0. The molecule has 0 unspecified atom stereocenters. The fourth-order valence-corrected chi connectivity index (χ4v) is 5.30. The molecule has 25 heavy (non-hydrogen) atoms. The summed E-state index contributed by atoms with van der Waals surface area (Å²) in [5.74, 6) is 0.803. The van der Waals surface area contributed by atoms with Gasteiger partial charge in [-0.1, -0.05) is 0 Å². The summed E-state index contributed by atoms with van der Waals surface area (Å²) in [5, 5.41) is 17.4. The Labute approximate surface area is 148 Å². The Morgan fingerprint density at radius 2 is 1.56 bits per heavy atom. The Morgan fingerprint density at radius 1 is 1.04 bits per heavy atom. The molecule has 4 aliphatic carbocycles. The quantitative estimate of drug-likeness (QED) is 0.583. The highest BCUT2D eigenvalue weighted by atomic mass is 16.4. The summed E-state index contributed by atoms with van der Waals surface area (Å²) in [6.07, 6.45) is 7.27. The standard InChI is InChI=1S/C18H29N3O4/c1-17(2,15(23)24)20-14(22)3-4-19-16(25)21-18-8-11-5-12(9-18)7-13(6-11)10-18/h11-13H,3-10H2,1-2H3,(H,20,22)(H,23,24)(H2,19,21,25). The van der Waals surface area contributed by atoms with Gasteiger partial charge in [0, 0.05) is 18.5 Å². The van der Waals surface area contributed by atoms with Gasteiger partial charge in [-0.3, -0.25) is 4.79 Å². The predicted molar refractivity (Wildman–Crippen MR) is 91.9 cm³/mol. The van der Waals surface area contributed by atoms with Crippen LogP contribution in [-0.2, 0) is 9.59 Å². The first kappa shape index (κ1) is 18.0. The molecule has 140 valence electrons. The predicted octanol–water partition coefficient (Wildman–Crippen LogP) is 1.62. The zero-order valence-electron chi connectivity index (χ0n) is 15.1. The first-order valence-corrected chi connectivity index (χ1v) is 9.28. The minimum atomic E-state index is -1.31. The summed E-state index contributed by atoms with van der Waals surface area (Å²) in [6.45, 7) is 3.06. The van der Waals surface area contributed by atoms with Gasteiger partial charge >= 0.3 is 12.0 Å². The number of amides is 3. The second-order valence-corrected chi connectivity index (χ2v) is 8.81. The number of nitrogens with one attached hydrogen (secondary N) is 3. The molecule has 4 fully saturated rings. The molecule has 4 N–H and O–H groups in total. The van der Waals surface area contributed by atoms with Crippen molar-refractivity contribution in [1.82, 2.24) is 16.0 Å². The molecule has 7 heteroatoms. The van der Waals surface area contributed by atoms with Gasteiger partial charge in [0.1, 0.15) is 5.54 Å². The van der Waals surface area contributed by atoms with E-state index in [1.807, 2.05) is 0 Å². The molecule has 0 aromatic heterocycles. The molecule has 0 radical (unpaired) electrons. The Bertz CT molecular complexity index is 537. The van der Waals surface area contributed by atoms with Gasteiger partial charge in [-0.25, -0.2) is 9.59 Å². The zero-order chi connectivity index (χ0) is 18.2. The maximum absolute atomic E-state index is 12.3. The number of carboxylic acid groups (broad SMARTS) is 1. The lowest BCUT2D eigenvalue weighted by Crippen LogP contribution is -2.61. The van der Waals surface area contributed by atoms with E-state index >= 15 is 0 Å². The van der Waals surface area contributed by atoms with Crippen LogP contribution in [-0.4, -0.2) is 40.6 Å². The summed E-state index contributed by atoms with van der Waals surface area (Å²) in [7, 11) is 0. The number of hydrogen-bond acceptors (Lipinski definition) is 3. The molecule has 3 amide bonds. The Balaban J connectivity index is 1.42. The molecular formula is C18H29N3O4. The van der Waals surface area contributed by atoms with Gasteiger partial charge in [-0.2, -0.15) is 0 Å². The molecule has 0 saturated heterocycles. The van der Waals surface area contributed by atoms with Crippen LogP contribution < -0.4 is 16.0 Å². The van der Waals surface area contributed by atoms with E-state index in [2.05, 4.69) is 16.0 Å². The van der Waals surface area contributed by atoms with E-state index in [1.165, 1.54) is 33.1 Å². The van der Waals surface area contributed by atoms with Gasteiger partial charge in [0.2, 0.25) is 5.91 Å². The molecular weight excluding hydrogens is 322 g/mol. The van der Waals surface area contributed by atoms with E-state index in [-0.39, 0.29) is 30.4 Å². The molecule has 0 aliphatic heterocycles. The van der Waals surface area contributed by atoms with E-state index in [1.54, 1.807) is 0 Å². The smallest absolute Gasteiger partial charge is 0.328 e. The van der Waals surface area contributed by atoms with Gasteiger partial charge in [0.25, 0.3) is 0 Å². The van der Waals surface area contributed by atoms with Crippen LogP contribution in [0.25, 0.3) is 0 Å². The van der Waals surface area contributed by atoms with Crippen LogP contribution in [0.4, 0.5) is 4.79 Å². The molecule has 0 aromatic rings. The number of urea groups is 1. The molecule has 0 aromatic carbocycles. The second-order valence-electron chi connectivity index (χ2n) is 8.81. The highest BCUT2D eigenvalue weighted by Gasteiger charge is 2.51. The summed E-state index contributed by atoms with van der Waals surface area (Å²) in [5.41, 5.74) is -1.36. The number of rotatable bonds is 6. The summed E-state index contributed by atoms with van der Waals surface area (Å²) in [4.78, 5) is 35.1. The minimum absolute atomic E-state index is 0.0492. The Hall–Kier alpha value is -1.79. The van der Waals surface area contributed by atoms with E-state index in [0.717, 1.165) is 37.0 Å². The van der Waals surface area contributed by atoms with Crippen molar-refractivity contribution in [3.63, 3.8) is 0 Å². The van der Waals surface area contributed by atoms with Crippen molar-refractivity contribution < 1.29 is 19.5 Å². The lowest BCUT2D eigenvalue weighted by molar-refractivity contribution is -0.146. The average molecular weight is 351 g/mol. The fraction of sp³-hybridized carbons (Fsp3) is 0.833. The molecule has 0 spiro atoms. The first-order valence-electron chi connectivity index (χ1n) is 9.28. The monoisotopic (exact) mass is 351 g/mol. The van der Waals surface area contributed by atoms with Crippen LogP contribution in [0.1, 0.15) is 58.8 Å². The number of carbonyl (C=O) groups is 3.